The summed E-state index contributed by atoms with van der Waals surface area (Å²) in [6.07, 6.45) is 5.79. The number of carbonyl (C=O) groups is 2. The second-order valence-electron chi connectivity index (χ2n) is 9.94. The maximum Gasteiger partial charge on any atom is 0.337 e. The van der Waals surface area contributed by atoms with Gasteiger partial charge in [0.15, 0.2) is 5.78 Å². The number of esters is 1. The van der Waals surface area contributed by atoms with Crippen molar-refractivity contribution in [2.45, 2.75) is 69.8 Å². The van der Waals surface area contributed by atoms with Crippen LogP contribution in [0, 0.1) is 10.1 Å². The highest BCUT2D eigenvalue weighted by atomic mass is 16.6. The summed E-state index contributed by atoms with van der Waals surface area (Å²) in [5, 5.41) is 14.6. The van der Waals surface area contributed by atoms with Crippen LogP contribution in [0.3, 0.4) is 0 Å². The first-order chi connectivity index (χ1) is 17.4. The van der Waals surface area contributed by atoms with E-state index in [1.807, 2.05) is 37.3 Å². The van der Waals surface area contributed by atoms with E-state index in [0.717, 1.165) is 43.4 Å². The molecule has 2 aliphatic carbocycles. The third kappa shape index (κ3) is 4.70. The summed E-state index contributed by atoms with van der Waals surface area (Å²) in [5.41, 5.74) is 4.21. The summed E-state index contributed by atoms with van der Waals surface area (Å²) in [6, 6.07) is 16.1. The first kappa shape index (κ1) is 24.0. The molecule has 1 fully saturated rings. The van der Waals surface area contributed by atoms with Gasteiger partial charge in [0.1, 0.15) is 6.10 Å². The number of Topliss-reactive ketones (excluding diaryl/α,β-unsaturated/α-hetero) is 1. The number of allylic oxidation sites excluding steroid dienone is 3. The van der Waals surface area contributed by atoms with Gasteiger partial charge in [-0.2, -0.15) is 0 Å². The lowest BCUT2D eigenvalue weighted by Crippen LogP contribution is -2.37. The lowest BCUT2D eigenvalue weighted by Gasteiger charge is -2.37. The highest BCUT2D eigenvalue weighted by molar-refractivity contribution is 6.04. The van der Waals surface area contributed by atoms with Crippen LogP contribution in [0.4, 0.5) is 5.69 Å². The molecule has 2 aromatic carbocycles. The molecular weight excluding hydrogens is 456 g/mol. The van der Waals surface area contributed by atoms with Gasteiger partial charge in [0.05, 0.1) is 10.5 Å². The van der Waals surface area contributed by atoms with Crippen LogP contribution < -0.4 is 5.32 Å². The summed E-state index contributed by atoms with van der Waals surface area (Å²) in [4.78, 5) is 38.0. The van der Waals surface area contributed by atoms with Gasteiger partial charge < -0.3 is 10.1 Å². The zero-order valence-corrected chi connectivity index (χ0v) is 20.4. The third-order valence-electron chi connectivity index (χ3n) is 7.58. The van der Waals surface area contributed by atoms with Crippen molar-refractivity contribution in [2.24, 2.45) is 0 Å². The highest BCUT2D eigenvalue weighted by Gasteiger charge is 2.42. The quantitative estimate of drug-likeness (QED) is 0.324. The van der Waals surface area contributed by atoms with Crippen LogP contribution in [0.25, 0.3) is 0 Å². The maximum atomic E-state index is 13.7. The number of nitro benzene ring substituents is 1. The van der Waals surface area contributed by atoms with E-state index in [1.54, 1.807) is 12.1 Å². The van der Waals surface area contributed by atoms with Crippen LogP contribution in [0.5, 0.6) is 0 Å². The molecule has 0 amide bonds. The van der Waals surface area contributed by atoms with Gasteiger partial charge >= 0.3 is 5.97 Å². The summed E-state index contributed by atoms with van der Waals surface area (Å²) in [6.45, 7) is 1.84. The molecule has 3 aliphatic rings. The number of ketones is 1. The van der Waals surface area contributed by atoms with Crippen LogP contribution >= 0.6 is 0 Å². The number of hydrogen-bond donors (Lipinski definition) is 1. The molecule has 36 heavy (non-hydrogen) atoms. The van der Waals surface area contributed by atoms with Crippen molar-refractivity contribution >= 4 is 17.4 Å². The number of benzene rings is 2. The molecule has 1 aliphatic heterocycles. The van der Waals surface area contributed by atoms with Gasteiger partial charge in [-0.15, -0.1) is 0 Å². The minimum atomic E-state index is -0.623. The molecule has 7 nitrogen and oxygen atoms in total. The highest BCUT2D eigenvalue weighted by Crippen LogP contribution is 2.46. The van der Waals surface area contributed by atoms with Gasteiger partial charge in [0.25, 0.3) is 5.69 Å². The Morgan fingerprint density at radius 3 is 2.33 bits per heavy atom. The van der Waals surface area contributed by atoms with Gasteiger partial charge in [-0.1, -0.05) is 48.9 Å². The Morgan fingerprint density at radius 2 is 1.67 bits per heavy atom. The number of hydrogen-bond acceptors (Lipinski definition) is 6. The lowest BCUT2D eigenvalue weighted by atomic mass is 9.71. The van der Waals surface area contributed by atoms with Crippen molar-refractivity contribution < 1.29 is 19.2 Å². The first-order valence-electron chi connectivity index (χ1n) is 12.7. The van der Waals surface area contributed by atoms with E-state index < -0.39 is 16.8 Å². The van der Waals surface area contributed by atoms with E-state index >= 15 is 0 Å². The van der Waals surface area contributed by atoms with Crippen LogP contribution in [0.15, 0.2) is 77.1 Å². The standard InChI is InChI=1S/C29H30N2O5/c1-18-26(29(33)36-23-10-6-3-7-11-23)27(20-12-14-22(15-13-20)31(34)35)28-24(30-18)16-21(17-25(28)32)19-8-4-2-5-9-19/h2,4-5,8-9,12-15,21,23,27,30H,3,6-7,10-11,16-17H2,1H3. The molecule has 0 aromatic heterocycles. The van der Waals surface area contributed by atoms with Crippen molar-refractivity contribution in [1.29, 1.82) is 0 Å². The molecule has 2 unspecified atom stereocenters. The lowest BCUT2D eigenvalue weighted by molar-refractivity contribution is -0.384. The van der Waals surface area contributed by atoms with Crippen LogP contribution in [0.1, 0.15) is 74.8 Å². The summed E-state index contributed by atoms with van der Waals surface area (Å²) < 4.78 is 5.94. The topological polar surface area (TPSA) is 98.5 Å². The fourth-order valence-corrected chi connectivity index (χ4v) is 5.79. The molecule has 0 saturated heterocycles. The Labute approximate surface area is 210 Å². The summed E-state index contributed by atoms with van der Waals surface area (Å²) >= 11 is 0. The number of rotatable bonds is 5. The predicted molar refractivity (Wildman–Crippen MR) is 135 cm³/mol. The van der Waals surface area contributed by atoms with E-state index in [-0.39, 0.29) is 23.5 Å². The van der Waals surface area contributed by atoms with Gasteiger partial charge in [-0.3, -0.25) is 14.9 Å². The van der Waals surface area contributed by atoms with Crippen molar-refractivity contribution in [3.8, 4) is 0 Å². The van der Waals surface area contributed by atoms with Gasteiger partial charge in [-0.25, -0.2) is 4.79 Å². The molecule has 2 atom stereocenters. The smallest absolute Gasteiger partial charge is 0.337 e. The zero-order chi connectivity index (χ0) is 25.2. The Hall–Kier alpha value is -3.74. The van der Waals surface area contributed by atoms with Crippen LogP contribution in [-0.2, 0) is 14.3 Å². The van der Waals surface area contributed by atoms with E-state index in [2.05, 4.69) is 5.32 Å². The fraction of sp³-hybridized carbons (Fsp3) is 0.379. The molecule has 5 rings (SSSR count). The van der Waals surface area contributed by atoms with Gasteiger partial charge in [0.2, 0.25) is 0 Å². The molecule has 2 aromatic rings. The maximum absolute atomic E-state index is 13.7. The molecule has 7 heteroatoms. The van der Waals surface area contributed by atoms with Crippen LogP contribution in [0.2, 0.25) is 0 Å². The number of ether oxygens (including phenoxy) is 1. The van der Waals surface area contributed by atoms with E-state index in [0.29, 0.717) is 35.2 Å². The molecule has 1 heterocycles. The molecule has 186 valence electrons. The Balaban J connectivity index is 1.53. The number of nitrogens with one attached hydrogen (secondary N) is 1. The molecule has 1 saturated carbocycles. The Bertz CT molecular complexity index is 1240. The number of dihydropyridines is 1. The summed E-state index contributed by atoms with van der Waals surface area (Å²) in [7, 11) is 0. The summed E-state index contributed by atoms with van der Waals surface area (Å²) in [5.74, 6) is -1.01. The normalized spacial score (nSPS) is 22.6. The van der Waals surface area contributed by atoms with Crippen molar-refractivity contribution in [3.05, 3.63) is 98.4 Å². The number of nitrogens with zero attached hydrogens (tertiary/aromatic N) is 1. The number of nitro groups is 1. The number of carbonyl (C=O) groups excluding carboxylic acids is 2. The van der Waals surface area contributed by atoms with Gasteiger partial charge in [-0.05, 0) is 56.1 Å². The van der Waals surface area contributed by atoms with E-state index in [4.69, 9.17) is 4.74 Å². The minimum Gasteiger partial charge on any atom is -0.459 e. The monoisotopic (exact) mass is 486 g/mol. The second-order valence-corrected chi connectivity index (χ2v) is 9.94. The Kier molecular flexibility index (Phi) is 6.72. The number of non-ortho nitro benzene ring substituents is 1. The van der Waals surface area contributed by atoms with E-state index in [9.17, 15) is 19.7 Å². The molecule has 0 spiro atoms. The van der Waals surface area contributed by atoms with Crippen molar-refractivity contribution in [2.75, 3.05) is 0 Å². The SMILES string of the molecule is CC1=C(C(=O)OC2CCCCC2)C(c2ccc([N+](=O)[O-])cc2)C2=C(CC(c3ccccc3)CC2=O)N1. The minimum absolute atomic E-state index is 0.0172. The van der Waals surface area contributed by atoms with Crippen LogP contribution in [-0.4, -0.2) is 22.8 Å². The predicted octanol–water partition coefficient (Wildman–Crippen LogP) is 5.83. The third-order valence-corrected chi connectivity index (χ3v) is 7.58. The molecular formula is C29H30N2O5. The average molecular weight is 487 g/mol. The Morgan fingerprint density at radius 1 is 0.972 bits per heavy atom. The first-order valence-corrected chi connectivity index (χ1v) is 12.7. The second kappa shape index (κ2) is 10.1. The molecule has 1 N–H and O–H groups in total. The molecule has 0 radical (unpaired) electrons. The van der Waals surface area contributed by atoms with Crippen molar-refractivity contribution in [3.63, 3.8) is 0 Å². The zero-order valence-electron chi connectivity index (χ0n) is 20.4. The van der Waals surface area contributed by atoms with Crippen molar-refractivity contribution in [1.82, 2.24) is 5.32 Å². The molecule has 0 bridgehead atoms. The van der Waals surface area contributed by atoms with E-state index in [1.165, 1.54) is 12.1 Å². The fourth-order valence-electron chi connectivity index (χ4n) is 5.79. The average Bonchev–Trinajstić information content (AvgIpc) is 2.89. The largest absolute Gasteiger partial charge is 0.459 e. The van der Waals surface area contributed by atoms with Gasteiger partial charge in [0, 0.05) is 41.4 Å².